The van der Waals surface area contributed by atoms with Crippen LogP contribution in [0.15, 0.2) is 24.3 Å². The topological polar surface area (TPSA) is 164 Å². The summed E-state index contributed by atoms with van der Waals surface area (Å²) >= 11 is 0. The minimum Gasteiger partial charge on any atom is -0.368 e. The number of carbonyl (C=O) groups is 1. The predicted molar refractivity (Wildman–Crippen MR) is 105 cm³/mol. The molecule has 1 rings (SSSR count). The van der Waals surface area contributed by atoms with Crippen LogP contribution in [0.2, 0.25) is 0 Å². The van der Waals surface area contributed by atoms with Crippen LogP contribution in [0.1, 0.15) is 50.7 Å². The van der Waals surface area contributed by atoms with Crippen molar-refractivity contribution in [2.45, 2.75) is 51.0 Å². The Balaban J connectivity index is 2.62. The van der Waals surface area contributed by atoms with Crippen LogP contribution in [-0.4, -0.2) is 42.2 Å². The van der Waals surface area contributed by atoms with E-state index < -0.39 is 32.6 Å². The van der Waals surface area contributed by atoms with E-state index in [9.17, 15) is 19.0 Å². The fourth-order valence-electron chi connectivity index (χ4n) is 2.72. The van der Waals surface area contributed by atoms with E-state index in [2.05, 4.69) is 19.2 Å². The maximum absolute atomic E-state index is 12.2. The maximum atomic E-state index is 12.2. The van der Waals surface area contributed by atoms with Crippen molar-refractivity contribution in [1.29, 1.82) is 0 Å². The van der Waals surface area contributed by atoms with Gasteiger partial charge in [0.2, 0.25) is 5.91 Å². The van der Waals surface area contributed by atoms with Crippen molar-refractivity contribution in [2.75, 3.05) is 6.54 Å². The molecule has 0 aliphatic carbocycles. The predicted octanol–water partition coefficient (Wildman–Crippen LogP) is 1.89. The van der Waals surface area contributed by atoms with Gasteiger partial charge >= 0.3 is 15.2 Å². The Morgan fingerprint density at radius 1 is 1.04 bits per heavy atom. The van der Waals surface area contributed by atoms with Crippen LogP contribution in [-0.2, 0) is 20.3 Å². The van der Waals surface area contributed by atoms with E-state index in [1.54, 1.807) is 6.92 Å². The summed E-state index contributed by atoms with van der Waals surface area (Å²) in [4.78, 5) is 48.5. The van der Waals surface area contributed by atoms with Gasteiger partial charge < -0.3 is 30.0 Å². The zero-order valence-electron chi connectivity index (χ0n) is 16.1. The molecule has 0 heterocycles. The highest BCUT2D eigenvalue weighted by Crippen LogP contribution is 2.69. The van der Waals surface area contributed by atoms with Crippen LogP contribution in [0.5, 0.6) is 0 Å². The number of hydrogen-bond acceptors (Lipinski definition) is 4. The minimum atomic E-state index is -5.48. The summed E-state index contributed by atoms with van der Waals surface area (Å²) in [7, 11) is -11.0. The standard InChI is InChI=1S/C17H29NO8P2/c1-12(2)11-14-5-7-15(8-6-14)13(3)16(19)18-10-4-9-17(20,27(21,22)23)28(24,25)26/h5-8,12-13,20H,4,9-11H2,1-3H3,(H,18,19)(H2,21,22,23)(H2,24,25,26). The van der Waals surface area contributed by atoms with Crippen LogP contribution in [0.25, 0.3) is 0 Å². The number of nitrogens with one attached hydrogen (secondary N) is 1. The Labute approximate surface area is 164 Å². The van der Waals surface area contributed by atoms with Gasteiger partial charge in [-0.1, -0.05) is 38.1 Å². The van der Waals surface area contributed by atoms with Crippen LogP contribution in [0.4, 0.5) is 0 Å². The van der Waals surface area contributed by atoms with Gasteiger partial charge in [0.1, 0.15) is 0 Å². The van der Waals surface area contributed by atoms with Gasteiger partial charge in [-0.25, -0.2) is 0 Å². The molecule has 1 atom stereocenters. The summed E-state index contributed by atoms with van der Waals surface area (Å²) in [6, 6.07) is 7.64. The highest BCUT2D eigenvalue weighted by molar-refractivity contribution is 7.72. The third-order valence-electron chi connectivity index (χ3n) is 4.44. The summed E-state index contributed by atoms with van der Waals surface area (Å²) in [5, 5.41) is 8.88. The van der Waals surface area contributed by atoms with Gasteiger partial charge in [0.25, 0.3) is 5.08 Å². The first-order valence-electron chi connectivity index (χ1n) is 8.89. The van der Waals surface area contributed by atoms with E-state index in [1.165, 1.54) is 5.56 Å². The number of carbonyl (C=O) groups excluding carboxylic acids is 1. The van der Waals surface area contributed by atoms with E-state index in [4.69, 9.17) is 19.6 Å². The SMILES string of the molecule is CC(C)Cc1ccc(C(C)C(=O)NCCCC(O)(P(=O)(O)O)P(=O)(O)O)cc1. The molecule has 0 radical (unpaired) electrons. The average Bonchev–Trinajstić information content (AvgIpc) is 2.55. The second kappa shape index (κ2) is 9.63. The zero-order valence-corrected chi connectivity index (χ0v) is 17.9. The van der Waals surface area contributed by atoms with Crippen molar-refractivity contribution < 1.29 is 38.6 Å². The number of hydrogen-bond donors (Lipinski definition) is 6. The van der Waals surface area contributed by atoms with Gasteiger partial charge in [-0.15, -0.1) is 0 Å². The molecule has 0 aliphatic rings. The highest BCUT2D eigenvalue weighted by Gasteiger charge is 2.58. The Kier molecular flexibility index (Phi) is 8.60. The van der Waals surface area contributed by atoms with E-state index in [0.717, 1.165) is 12.0 Å². The van der Waals surface area contributed by atoms with Gasteiger partial charge in [0, 0.05) is 13.0 Å². The third-order valence-corrected chi connectivity index (χ3v) is 8.31. The van der Waals surface area contributed by atoms with Crippen molar-refractivity contribution >= 4 is 21.1 Å². The van der Waals surface area contributed by atoms with E-state index in [1.807, 2.05) is 24.3 Å². The number of aliphatic hydroxyl groups is 1. The van der Waals surface area contributed by atoms with Gasteiger partial charge in [0.05, 0.1) is 5.92 Å². The van der Waals surface area contributed by atoms with E-state index in [0.29, 0.717) is 5.92 Å². The van der Waals surface area contributed by atoms with Gasteiger partial charge in [-0.05, 0) is 36.8 Å². The lowest BCUT2D eigenvalue weighted by Crippen LogP contribution is -2.32. The molecule has 0 saturated carbocycles. The molecule has 1 unspecified atom stereocenters. The molecule has 0 saturated heterocycles. The summed E-state index contributed by atoms with van der Waals surface area (Å²) in [5.74, 6) is -0.297. The first-order valence-corrected chi connectivity index (χ1v) is 12.1. The molecule has 28 heavy (non-hydrogen) atoms. The second-order valence-corrected chi connectivity index (χ2v) is 11.3. The fourth-order valence-corrected chi connectivity index (χ4v) is 4.97. The second-order valence-electron chi connectivity index (χ2n) is 7.32. The number of benzene rings is 1. The Hall–Kier alpha value is -1.05. The average molecular weight is 437 g/mol. The zero-order chi connectivity index (χ0) is 21.8. The first-order chi connectivity index (χ1) is 12.7. The van der Waals surface area contributed by atoms with Crippen molar-refractivity contribution in [3.05, 3.63) is 35.4 Å². The van der Waals surface area contributed by atoms with Crippen LogP contribution < -0.4 is 5.32 Å². The van der Waals surface area contributed by atoms with Gasteiger partial charge in [0.15, 0.2) is 0 Å². The van der Waals surface area contributed by atoms with Crippen LogP contribution in [0.3, 0.4) is 0 Å². The molecule has 0 bridgehead atoms. The quantitative estimate of drug-likeness (QED) is 0.239. The molecule has 0 fully saturated rings. The smallest absolute Gasteiger partial charge is 0.368 e. The summed E-state index contributed by atoms with van der Waals surface area (Å²) < 4.78 is 22.6. The van der Waals surface area contributed by atoms with Crippen molar-refractivity contribution in [3.8, 4) is 0 Å². The first kappa shape index (κ1) is 25.0. The lowest BCUT2D eigenvalue weighted by atomic mass is 9.96. The Morgan fingerprint density at radius 2 is 1.54 bits per heavy atom. The summed E-state index contributed by atoms with van der Waals surface area (Å²) in [5.41, 5.74) is 1.97. The molecule has 1 aromatic rings. The molecule has 1 amide bonds. The molecule has 6 N–H and O–H groups in total. The monoisotopic (exact) mass is 437 g/mol. The van der Waals surface area contributed by atoms with Crippen molar-refractivity contribution in [3.63, 3.8) is 0 Å². The summed E-state index contributed by atoms with van der Waals surface area (Å²) in [6.45, 7) is 5.83. The fraction of sp³-hybridized carbons (Fsp3) is 0.588. The molecule has 0 spiro atoms. The Morgan fingerprint density at radius 3 is 1.96 bits per heavy atom. The van der Waals surface area contributed by atoms with Crippen LogP contribution in [0, 0.1) is 5.92 Å². The van der Waals surface area contributed by atoms with Crippen molar-refractivity contribution in [2.24, 2.45) is 5.92 Å². The number of amides is 1. The van der Waals surface area contributed by atoms with E-state index in [-0.39, 0.29) is 18.9 Å². The van der Waals surface area contributed by atoms with Crippen LogP contribution >= 0.6 is 15.2 Å². The lowest BCUT2D eigenvalue weighted by Gasteiger charge is -2.29. The molecular weight excluding hydrogens is 408 g/mol. The third kappa shape index (κ3) is 6.49. The molecule has 1 aromatic carbocycles. The normalized spacial score (nSPS) is 14.2. The molecule has 160 valence electrons. The molecule has 0 aromatic heterocycles. The van der Waals surface area contributed by atoms with Crippen molar-refractivity contribution in [1.82, 2.24) is 5.32 Å². The molecule has 11 heteroatoms. The lowest BCUT2D eigenvalue weighted by molar-refractivity contribution is -0.122. The van der Waals surface area contributed by atoms with E-state index >= 15 is 0 Å². The minimum absolute atomic E-state index is 0.100. The Bertz CT molecular complexity index is 731. The summed E-state index contributed by atoms with van der Waals surface area (Å²) in [6.07, 6.45) is -0.151. The molecular formula is C17H29NO8P2. The highest BCUT2D eigenvalue weighted by atomic mass is 31.2. The van der Waals surface area contributed by atoms with Gasteiger partial charge in [-0.2, -0.15) is 0 Å². The molecule has 0 aliphatic heterocycles. The van der Waals surface area contributed by atoms with Gasteiger partial charge in [-0.3, -0.25) is 13.9 Å². The molecule has 9 nitrogen and oxygen atoms in total. The number of rotatable bonds is 10. The maximum Gasteiger partial charge on any atom is 0.369 e. The largest absolute Gasteiger partial charge is 0.369 e.